The van der Waals surface area contributed by atoms with Crippen LogP contribution in [0.25, 0.3) is 0 Å². The third kappa shape index (κ3) is 3.68. The second-order valence-electron chi connectivity index (χ2n) is 8.99. The van der Waals surface area contributed by atoms with Gasteiger partial charge in [-0.25, -0.2) is 9.59 Å². The maximum Gasteiger partial charge on any atom is 0.452 e. The van der Waals surface area contributed by atoms with E-state index in [-0.39, 0.29) is 12.8 Å². The summed E-state index contributed by atoms with van der Waals surface area (Å²) in [6, 6.07) is 0. The minimum atomic E-state index is -4.14. The average molecular weight is 518 g/mol. The molecule has 4 rings (SSSR count). The van der Waals surface area contributed by atoms with Crippen molar-refractivity contribution >= 4 is 35.8 Å². The number of carbonyl (C=O) groups excluding carboxylic acids is 6. The van der Waals surface area contributed by atoms with Gasteiger partial charge in [-0.1, -0.05) is 13.3 Å². The Morgan fingerprint density at radius 1 is 0.694 bits per heavy atom. The SMILES string of the molecule is CCCCC1OC(=O)CC2(O)CC(=O)OC1(C1(O)OC(=O)CC3(O)CC(=O)OC1(O)OC3=O)OC2=O. The average Bonchev–Trinajstić information content (AvgIpc) is 2.84. The summed E-state index contributed by atoms with van der Waals surface area (Å²) < 4.78 is 29.6. The molecule has 0 aromatic carbocycles. The van der Waals surface area contributed by atoms with Gasteiger partial charge in [0.1, 0.15) is 0 Å². The summed E-state index contributed by atoms with van der Waals surface area (Å²) in [6.45, 7) is 1.68. The van der Waals surface area contributed by atoms with Crippen LogP contribution in [0.1, 0.15) is 51.9 Å². The van der Waals surface area contributed by atoms with Crippen LogP contribution in [0.15, 0.2) is 0 Å². The van der Waals surface area contributed by atoms with Crippen LogP contribution in [0.3, 0.4) is 0 Å². The lowest BCUT2D eigenvalue weighted by atomic mass is 9.90. The molecule has 0 spiro atoms. The summed E-state index contributed by atoms with van der Waals surface area (Å²) in [7, 11) is 0. The highest BCUT2D eigenvalue weighted by Crippen LogP contribution is 2.50. The van der Waals surface area contributed by atoms with Crippen molar-refractivity contribution in [3.63, 3.8) is 0 Å². The molecule has 4 aliphatic rings. The molecule has 4 fully saturated rings. The molecule has 16 nitrogen and oxygen atoms in total. The Bertz CT molecular complexity index is 1050. The molecule has 0 radical (unpaired) electrons. The van der Waals surface area contributed by atoms with Crippen LogP contribution >= 0.6 is 0 Å². The largest absolute Gasteiger partial charge is 0.454 e. The Hall–Kier alpha value is -3.34. The summed E-state index contributed by atoms with van der Waals surface area (Å²) in [5.41, 5.74) is -5.75. The Morgan fingerprint density at radius 2 is 1.19 bits per heavy atom. The zero-order valence-corrected chi connectivity index (χ0v) is 18.7. The summed E-state index contributed by atoms with van der Waals surface area (Å²) in [5, 5.41) is 43.9. The van der Waals surface area contributed by atoms with Gasteiger partial charge in [0.05, 0.1) is 25.7 Å². The van der Waals surface area contributed by atoms with Gasteiger partial charge in [0.15, 0.2) is 17.3 Å². The second kappa shape index (κ2) is 8.09. The van der Waals surface area contributed by atoms with E-state index in [1.807, 2.05) is 0 Å². The lowest BCUT2D eigenvalue weighted by molar-refractivity contribution is -0.510. The first-order chi connectivity index (χ1) is 16.6. The predicted octanol–water partition coefficient (Wildman–Crippen LogP) is -3.09. The molecule has 4 saturated heterocycles. The Labute approximate surface area is 200 Å². The molecule has 4 aliphatic heterocycles. The molecule has 0 saturated carbocycles. The van der Waals surface area contributed by atoms with Crippen LogP contribution in [0, 0.1) is 0 Å². The van der Waals surface area contributed by atoms with Gasteiger partial charge in [-0.3, -0.25) is 19.2 Å². The van der Waals surface area contributed by atoms with Crippen LogP contribution in [-0.2, 0) is 57.2 Å². The quantitative estimate of drug-likeness (QED) is 0.213. The first-order valence-electron chi connectivity index (χ1n) is 10.8. The van der Waals surface area contributed by atoms with Gasteiger partial charge in [-0.2, -0.15) is 0 Å². The normalized spacial score (nSPS) is 42.8. The molecule has 0 aliphatic carbocycles. The number of rotatable bonds is 4. The predicted molar refractivity (Wildman–Crippen MR) is 101 cm³/mol. The molecule has 0 amide bonds. The van der Waals surface area contributed by atoms with Gasteiger partial charge >= 0.3 is 53.4 Å². The van der Waals surface area contributed by atoms with Gasteiger partial charge < -0.3 is 48.8 Å². The molecule has 16 heteroatoms. The van der Waals surface area contributed by atoms with E-state index in [4.69, 9.17) is 18.9 Å². The fraction of sp³-hybridized carbons (Fsp3) is 0.700. The molecule has 4 heterocycles. The Kier molecular flexibility index (Phi) is 5.78. The Morgan fingerprint density at radius 3 is 1.78 bits per heavy atom. The minimum Gasteiger partial charge on any atom is -0.454 e. The first-order valence-corrected chi connectivity index (χ1v) is 10.8. The van der Waals surface area contributed by atoms with E-state index in [0.717, 1.165) is 0 Å². The highest BCUT2D eigenvalue weighted by Gasteiger charge is 2.83. The van der Waals surface area contributed by atoms with Crippen molar-refractivity contribution in [2.24, 2.45) is 0 Å². The van der Waals surface area contributed by atoms with E-state index in [0.29, 0.717) is 6.42 Å². The van der Waals surface area contributed by atoms with Gasteiger partial charge in [0.25, 0.3) is 0 Å². The zero-order chi connectivity index (χ0) is 26.7. The number of carbonyl (C=O) groups is 6. The van der Waals surface area contributed by atoms with Crippen LogP contribution in [-0.4, -0.2) is 91.1 Å². The van der Waals surface area contributed by atoms with Gasteiger partial charge in [0, 0.05) is 0 Å². The number of esters is 6. The summed E-state index contributed by atoms with van der Waals surface area (Å²) in [6.07, 6.45) is -6.79. The number of aliphatic hydroxyl groups is 4. The van der Waals surface area contributed by atoms with Crippen molar-refractivity contribution < 1.29 is 77.6 Å². The van der Waals surface area contributed by atoms with E-state index in [1.54, 1.807) is 6.92 Å². The number of cyclic esters (lactones) is 2. The number of fused-ring (bicyclic) bond motifs is 6. The molecular formula is C20H22O16. The van der Waals surface area contributed by atoms with Crippen LogP contribution in [0.2, 0.25) is 0 Å². The monoisotopic (exact) mass is 518 g/mol. The van der Waals surface area contributed by atoms with Crippen molar-refractivity contribution in [2.45, 2.75) is 86.7 Å². The second-order valence-corrected chi connectivity index (χ2v) is 8.99. The van der Waals surface area contributed by atoms with Crippen LogP contribution < -0.4 is 0 Å². The van der Waals surface area contributed by atoms with Gasteiger partial charge in [-0.15, -0.1) is 0 Å². The third-order valence-electron chi connectivity index (χ3n) is 6.18. The summed E-state index contributed by atoms with van der Waals surface area (Å²) in [5.74, 6) is -21.5. The van der Waals surface area contributed by atoms with E-state index in [2.05, 4.69) is 9.47 Å². The number of unbranched alkanes of at least 4 members (excludes halogenated alkanes) is 1. The van der Waals surface area contributed by atoms with Crippen LogP contribution in [0.4, 0.5) is 0 Å². The molecule has 0 aromatic heterocycles. The van der Waals surface area contributed by atoms with Gasteiger partial charge in [0.2, 0.25) is 0 Å². The molecule has 4 bridgehead atoms. The van der Waals surface area contributed by atoms with Crippen molar-refractivity contribution in [1.82, 2.24) is 0 Å². The molecule has 6 atom stereocenters. The lowest BCUT2D eigenvalue weighted by Gasteiger charge is -2.50. The summed E-state index contributed by atoms with van der Waals surface area (Å²) >= 11 is 0. The molecular weight excluding hydrogens is 496 g/mol. The molecule has 4 N–H and O–H groups in total. The van der Waals surface area contributed by atoms with E-state index < -0.39 is 96.4 Å². The zero-order valence-electron chi connectivity index (χ0n) is 18.7. The van der Waals surface area contributed by atoms with Crippen LogP contribution in [0.5, 0.6) is 0 Å². The fourth-order valence-corrected chi connectivity index (χ4v) is 4.36. The highest BCUT2D eigenvalue weighted by atomic mass is 16.9. The smallest absolute Gasteiger partial charge is 0.452 e. The number of ether oxygens (including phenoxy) is 6. The lowest BCUT2D eigenvalue weighted by Crippen LogP contribution is -2.78. The first kappa shape index (κ1) is 25.7. The maximum atomic E-state index is 13.0. The molecule has 0 aromatic rings. The highest BCUT2D eigenvalue weighted by molar-refractivity contribution is 5.94. The van der Waals surface area contributed by atoms with Crippen molar-refractivity contribution in [2.75, 3.05) is 0 Å². The Balaban J connectivity index is 2.00. The third-order valence-corrected chi connectivity index (χ3v) is 6.18. The van der Waals surface area contributed by atoms with Crippen molar-refractivity contribution in [3.05, 3.63) is 0 Å². The summed E-state index contributed by atoms with van der Waals surface area (Å²) in [4.78, 5) is 75.9. The van der Waals surface area contributed by atoms with E-state index in [1.165, 1.54) is 0 Å². The van der Waals surface area contributed by atoms with E-state index in [9.17, 15) is 49.2 Å². The fourth-order valence-electron chi connectivity index (χ4n) is 4.36. The van der Waals surface area contributed by atoms with Crippen molar-refractivity contribution in [1.29, 1.82) is 0 Å². The molecule has 36 heavy (non-hydrogen) atoms. The topological polar surface area (TPSA) is 239 Å². The number of hydrogen-bond donors (Lipinski definition) is 4. The number of hydrogen-bond acceptors (Lipinski definition) is 16. The standard InChI is InChI=1S/C20H22O16/c1-2-3-4-9-18(32-11(22)6-16(27,14(25)35-18)5-10(21)31-9)19(29)20(30)34-13(24)8-17(28,15(26)36-20)7-12(23)33-19/h9,27-30H,2-8H2,1H3. The minimum absolute atomic E-state index is 0.126. The molecule has 198 valence electrons. The van der Waals surface area contributed by atoms with Crippen molar-refractivity contribution in [3.8, 4) is 0 Å². The molecule has 6 unspecified atom stereocenters. The van der Waals surface area contributed by atoms with E-state index >= 15 is 0 Å². The van der Waals surface area contributed by atoms with Gasteiger partial charge in [-0.05, 0) is 12.8 Å². The maximum absolute atomic E-state index is 13.0.